The minimum Gasteiger partial charge on any atom is -0.448 e. The molecule has 9 rings (SSSR count). The number of benzene rings is 5. The van der Waals surface area contributed by atoms with E-state index in [0.29, 0.717) is 27.5 Å². The number of thioether (sulfide) groups is 1. The Hall–Kier alpha value is -7.43. The normalized spacial score (nSPS) is 16.1. The lowest BCUT2D eigenvalue weighted by Gasteiger charge is -2.49. The van der Waals surface area contributed by atoms with Crippen LogP contribution in [0.5, 0.6) is 0 Å². The van der Waals surface area contributed by atoms with Crippen molar-refractivity contribution in [3.05, 3.63) is 234 Å². The summed E-state index contributed by atoms with van der Waals surface area (Å²) in [5.41, 5.74) is 4.73. The zero-order valence-electron chi connectivity index (χ0n) is 41.5. The van der Waals surface area contributed by atoms with Crippen molar-refractivity contribution in [2.24, 2.45) is 0 Å². The highest BCUT2D eigenvalue weighted by molar-refractivity contribution is 8.00. The number of hydroxylamine groups is 1. The van der Waals surface area contributed by atoms with Crippen LogP contribution in [-0.4, -0.2) is 86.2 Å². The summed E-state index contributed by atoms with van der Waals surface area (Å²) in [7, 11) is 1.38. The minimum absolute atomic E-state index is 0.0563. The average Bonchev–Trinajstić information content (AvgIpc) is 3.95. The number of esters is 1. The second kappa shape index (κ2) is 24.5. The molecule has 3 atom stereocenters. The summed E-state index contributed by atoms with van der Waals surface area (Å²) in [4.78, 5) is 81.8. The summed E-state index contributed by atoms with van der Waals surface area (Å²) in [6.45, 7) is 3.85. The first-order valence-corrected chi connectivity index (χ1v) is 26.7. The van der Waals surface area contributed by atoms with Gasteiger partial charge in [-0.3, -0.25) is 28.6 Å². The first-order chi connectivity index (χ1) is 37.1. The molecule has 390 valence electrons. The van der Waals surface area contributed by atoms with Crippen molar-refractivity contribution in [2.45, 2.75) is 55.8 Å². The lowest BCUT2D eigenvalue weighted by atomic mass is 9.77. The highest BCUT2D eigenvalue weighted by Crippen LogP contribution is 2.44. The predicted molar refractivity (Wildman–Crippen MR) is 294 cm³/mol. The largest absolute Gasteiger partial charge is 0.448 e. The third kappa shape index (κ3) is 11.2. The van der Waals surface area contributed by atoms with Crippen molar-refractivity contribution in [2.75, 3.05) is 31.4 Å². The maximum Gasteiger partial charge on any atom is 0.356 e. The first-order valence-electron chi connectivity index (χ1n) is 24.4. The van der Waals surface area contributed by atoms with Gasteiger partial charge in [-0.15, -0.1) is 35.7 Å². The predicted octanol–water partition coefficient (Wildman–Crippen LogP) is 7.34. The monoisotopic (exact) mass is 1080 g/mol. The number of aromatic nitrogens is 4. The Balaban J connectivity index is 1.03. The van der Waals surface area contributed by atoms with E-state index in [0.717, 1.165) is 21.3 Å². The first kappa shape index (κ1) is 53.4. The number of fused-ring (bicyclic) bond motifs is 1. The maximum absolute atomic E-state index is 14.9. The minimum atomic E-state index is -1.18. The molecule has 0 spiro atoms. The fraction of sp³-hybridized carbons (Fsp3) is 0.232. The molecule has 2 amide bonds. The lowest BCUT2D eigenvalue weighted by Crippen LogP contribution is -2.71. The molecule has 1 saturated heterocycles. The van der Waals surface area contributed by atoms with Crippen LogP contribution in [0.2, 0.25) is 0 Å². The molecule has 2 aliphatic rings. The molecule has 17 nitrogen and oxygen atoms in total. The van der Waals surface area contributed by atoms with Crippen LogP contribution in [0.25, 0.3) is 4.91 Å². The summed E-state index contributed by atoms with van der Waals surface area (Å²) in [5.74, 6) is -1.99. The fourth-order valence-electron chi connectivity index (χ4n) is 9.21. The highest BCUT2D eigenvalue weighted by Gasteiger charge is 2.55. The zero-order valence-corrected chi connectivity index (χ0v) is 44.1. The number of nitrogens with zero attached hydrogens (tertiary/aromatic N) is 4. The quantitative estimate of drug-likeness (QED) is 0.00857. The average molecular weight is 1080 g/mol. The Labute approximate surface area is 451 Å². The van der Waals surface area contributed by atoms with E-state index < -0.39 is 64.3 Å². The van der Waals surface area contributed by atoms with Gasteiger partial charge in [-0.2, -0.15) is 10.6 Å². The van der Waals surface area contributed by atoms with E-state index in [1.165, 1.54) is 41.2 Å². The van der Waals surface area contributed by atoms with Crippen LogP contribution >= 0.6 is 35.7 Å². The molecule has 1 fully saturated rings. The molecule has 0 saturated carbocycles. The number of hydrogen-bond acceptors (Lipinski definition) is 16. The number of anilines is 1. The van der Waals surface area contributed by atoms with Crippen LogP contribution in [0, 0.1) is 0 Å². The third-order valence-corrected chi connectivity index (χ3v) is 15.1. The van der Waals surface area contributed by atoms with Gasteiger partial charge in [0, 0.05) is 29.3 Å². The molecule has 4 heterocycles. The molecule has 5 aromatic carbocycles. The number of ether oxygens (including phenoxy) is 3. The van der Waals surface area contributed by atoms with E-state index in [9.17, 15) is 24.0 Å². The van der Waals surface area contributed by atoms with Gasteiger partial charge in [0.15, 0.2) is 29.4 Å². The number of thiazole rings is 1. The number of β-lactam (4-membered cyclic amide) rings is 1. The summed E-state index contributed by atoms with van der Waals surface area (Å²) in [6, 6.07) is 46.2. The summed E-state index contributed by atoms with van der Waals surface area (Å²) in [6.07, 6.45) is -0.291. The number of allylic oxidation sites excluding steroid dienone is 1. The fourth-order valence-corrected chi connectivity index (χ4v) is 11.6. The molecule has 0 radical (unpaired) electrons. The number of amides is 2. The number of aromatic amines is 1. The van der Waals surface area contributed by atoms with Crippen LogP contribution < -0.4 is 27.2 Å². The van der Waals surface area contributed by atoms with Crippen LogP contribution in [0.1, 0.15) is 65.3 Å². The zero-order chi connectivity index (χ0) is 53.2. The Bertz CT molecular complexity index is 3180. The molecular formula is C56H54N8O9S3. The molecule has 20 heteroatoms. The van der Waals surface area contributed by atoms with Crippen LogP contribution in [0.15, 0.2) is 184 Å². The SMILES string of the molecule is CCOC(Cn1c(C(S)=CC2=C(C(=O)OC(c3ccccc3)c3ccccc3)N3C(=O)C(NC(=O)C(NOC)c4csc(NC(c5ccccc5)(c5ccccc5)c5ccccc5)n4)C3SC2)n[nH]c(=O)c1=O)OCC. The second-order valence-electron chi connectivity index (χ2n) is 17.3. The molecule has 0 bridgehead atoms. The summed E-state index contributed by atoms with van der Waals surface area (Å²) in [5, 5.41) is 14.6. The van der Waals surface area contributed by atoms with Crippen molar-refractivity contribution in [3.8, 4) is 0 Å². The van der Waals surface area contributed by atoms with Gasteiger partial charge in [0.2, 0.25) is 5.91 Å². The number of thiol groups is 1. The van der Waals surface area contributed by atoms with Crippen LogP contribution in [0.4, 0.5) is 5.13 Å². The number of hydrogen-bond donors (Lipinski definition) is 5. The topological polar surface area (TPSA) is 208 Å². The summed E-state index contributed by atoms with van der Waals surface area (Å²) >= 11 is 7.36. The number of rotatable bonds is 22. The van der Waals surface area contributed by atoms with Gasteiger partial charge in [0.1, 0.15) is 22.7 Å². The number of carbonyl (C=O) groups is 3. The van der Waals surface area contributed by atoms with Crippen LogP contribution in [0.3, 0.4) is 0 Å². The van der Waals surface area contributed by atoms with Gasteiger partial charge in [-0.25, -0.2) is 14.9 Å². The van der Waals surface area contributed by atoms with Crippen molar-refractivity contribution >= 4 is 63.5 Å². The summed E-state index contributed by atoms with van der Waals surface area (Å²) < 4.78 is 18.9. The highest BCUT2D eigenvalue weighted by atomic mass is 32.2. The molecular weight excluding hydrogens is 1020 g/mol. The molecule has 7 aromatic rings. The molecule has 2 aromatic heterocycles. The van der Waals surface area contributed by atoms with Crippen molar-refractivity contribution < 1.29 is 33.4 Å². The molecule has 4 N–H and O–H groups in total. The van der Waals surface area contributed by atoms with Gasteiger partial charge in [-0.1, -0.05) is 152 Å². The van der Waals surface area contributed by atoms with E-state index >= 15 is 0 Å². The molecule has 76 heavy (non-hydrogen) atoms. The van der Waals surface area contributed by atoms with Gasteiger partial charge in [-0.05, 0) is 53.3 Å². The Morgan fingerprint density at radius 3 is 1.88 bits per heavy atom. The molecule has 0 aliphatic carbocycles. The van der Waals surface area contributed by atoms with Crippen LogP contribution in [-0.2, 0) is 45.5 Å². The van der Waals surface area contributed by atoms with Crippen molar-refractivity contribution in [3.63, 3.8) is 0 Å². The standard InChI is InChI=1S/C56H54N8O9S3/c1-4-71-43(72-5-2)32-63-48(60-61-50(66)52(63)68)42(74)31-37-33-75-53-45(51(67)64(53)46(37)54(69)73-47(35-21-11-6-12-22-35)36-23-13-7-14-24-36)58-49(65)44(62-70-3)41-34-76-55(57-41)59-56(38-25-15-8-16-26-38,39-27-17-9-18-28-39)40-29-19-10-20-30-40/h6-31,34,43-45,47,53,62,74H,4-5,32-33H2,1-3H3,(H,57,59)(H,58,65)(H,61,66). The smallest absolute Gasteiger partial charge is 0.356 e. The lowest BCUT2D eigenvalue weighted by molar-refractivity contribution is -0.155. The number of H-pyrrole nitrogens is 1. The van der Waals surface area contributed by atoms with E-state index in [1.807, 2.05) is 115 Å². The molecule has 3 unspecified atom stereocenters. The third-order valence-electron chi connectivity index (χ3n) is 12.7. The van der Waals surface area contributed by atoms with Gasteiger partial charge in [0.25, 0.3) is 5.91 Å². The van der Waals surface area contributed by atoms with Gasteiger partial charge >= 0.3 is 17.1 Å². The number of carbonyl (C=O) groups excluding carboxylic acids is 3. The van der Waals surface area contributed by atoms with E-state index in [1.54, 1.807) is 19.2 Å². The van der Waals surface area contributed by atoms with Gasteiger partial charge < -0.3 is 29.7 Å². The van der Waals surface area contributed by atoms with E-state index in [-0.39, 0.29) is 41.9 Å². The maximum atomic E-state index is 14.9. The van der Waals surface area contributed by atoms with Crippen molar-refractivity contribution in [1.82, 2.24) is 35.4 Å². The Kier molecular flexibility index (Phi) is 17.2. The number of nitrogens with one attached hydrogen (secondary N) is 4. The molecule has 2 aliphatic heterocycles. The Morgan fingerprint density at radius 2 is 1.36 bits per heavy atom. The Morgan fingerprint density at radius 1 is 0.816 bits per heavy atom. The van der Waals surface area contributed by atoms with Crippen molar-refractivity contribution in [1.29, 1.82) is 0 Å². The second-order valence-corrected chi connectivity index (χ2v) is 19.8. The van der Waals surface area contributed by atoms with Gasteiger partial charge in [0.05, 0.1) is 19.3 Å². The van der Waals surface area contributed by atoms with E-state index in [2.05, 4.69) is 62.7 Å². The van der Waals surface area contributed by atoms with E-state index in [4.69, 9.17) is 36.7 Å².